The summed E-state index contributed by atoms with van der Waals surface area (Å²) < 4.78 is 0. The van der Waals surface area contributed by atoms with Crippen LogP contribution in [0.2, 0.25) is 0 Å². The number of hydrogen-bond donors (Lipinski definition) is 1. The van der Waals surface area contributed by atoms with Crippen LogP contribution in [-0.2, 0) is 0 Å². The number of rotatable bonds is 2. The van der Waals surface area contributed by atoms with E-state index in [0.717, 1.165) is 28.0 Å². The summed E-state index contributed by atoms with van der Waals surface area (Å²) in [6.07, 6.45) is 0. The van der Waals surface area contributed by atoms with E-state index >= 15 is 0 Å². The average Bonchev–Trinajstić information content (AvgIpc) is 2.36. The van der Waals surface area contributed by atoms with Crippen LogP contribution in [0.15, 0.2) is 24.3 Å². The predicted octanol–water partition coefficient (Wildman–Crippen LogP) is 3.40. The fourth-order valence-corrected chi connectivity index (χ4v) is 2.34. The molecule has 0 radical (unpaired) electrons. The van der Waals surface area contributed by atoms with Crippen molar-refractivity contribution in [1.29, 1.82) is 0 Å². The number of fused-ring (bicyclic) bond motifs is 1. The highest BCUT2D eigenvalue weighted by Crippen LogP contribution is 2.19. The molecule has 2 heterocycles. The molecule has 3 rings (SSSR count). The molecule has 21 heavy (non-hydrogen) atoms. The zero-order valence-electron chi connectivity index (χ0n) is 12.6. The standard InChI is InChI=1S/C16H17N5/c1-9-5-6-13-12(4)19-16(20-14(13)7-9)21-15-17-10(2)8-11(3)18-15/h5-8H,1-4H3,(H,17,18,19,20,21). The van der Waals surface area contributed by atoms with Crippen LogP contribution in [-0.4, -0.2) is 19.9 Å². The SMILES string of the molecule is Cc1ccc2c(C)nc(Nc3nc(C)cc(C)n3)nc2c1. The third-order valence-corrected chi connectivity index (χ3v) is 3.25. The highest BCUT2D eigenvalue weighted by molar-refractivity contribution is 5.82. The van der Waals surface area contributed by atoms with Gasteiger partial charge in [-0.25, -0.2) is 19.9 Å². The van der Waals surface area contributed by atoms with E-state index in [-0.39, 0.29) is 0 Å². The first-order valence-corrected chi connectivity index (χ1v) is 6.85. The molecule has 0 saturated carbocycles. The minimum absolute atomic E-state index is 0.524. The molecule has 0 atom stereocenters. The lowest BCUT2D eigenvalue weighted by molar-refractivity contribution is 1.04. The Hall–Kier alpha value is -2.56. The molecule has 0 bridgehead atoms. The van der Waals surface area contributed by atoms with Gasteiger partial charge in [0.25, 0.3) is 0 Å². The maximum Gasteiger partial charge on any atom is 0.230 e. The lowest BCUT2D eigenvalue weighted by atomic mass is 10.1. The fourth-order valence-electron chi connectivity index (χ4n) is 2.34. The smallest absolute Gasteiger partial charge is 0.230 e. The molecule has 0 amide bonds. The van der Waals surface area contributed by atoms with Crippen molar-refractivity contribution in [3.8, 4) is 0 Å². The molecule has 1 N–H and O–H groups in total. The number of hydrogen-bond acceptors (Lipinski definition) is 5. The summed E-state index contributed by atoms with van der Waals surface area (Å²) in [7, 11) is 0. The first-order chi connectivity index (χ1) is 10.0. The van der Waals surface area contributed by atoms with Gasteiger partial charge in [0, 0.05) is 16.8 Å². The number of nitrogens with one attached hydrogen (secondary N) is 1. The molecule has 0 aliphatic carbocycles. The van der Waals surface area contributed by atoms with E-state index in [0.29, 0.717) is 11.9 Å². The number of aromatic nitrogens is 4. The largest absolute Gasteiger partial charge is 0.293 e. The Balaban J connectivity index is 2.04. The van der Waals surface area contributed by atoms with Crippen molar-refractivity contribution in [3.05, 3.63) is 46.9 Å². The van der Waals surface area contributed by atoms with Crippen molar-refractivity contribution < 1.29 is 0 Å². The van der Waals surface area contributed by atoms with Crippen LogP contribution in [0.5, 0.6) is 0 Å². The second-order valence-electron chi connectivity index (χ2n) is 5.25. The van der Waals surface area contributed by atoms with Crippen LogP contribution in [0, 0.1) is 27.7 Å². The lowest BCUT2D eigenvalue weighted by Crippen LogP contribution is -2.04. The molecule has 106 valence electrons. The van der Waals surface area contributed by atoms with Gasteiger partial charge >= 0.3 is 0 Å². The van der Waals surface area contributed by atoms with Crippen molar-refractivity contribution in [2.24, 2.45) is 0 Å². The van der Waals surface area contributed by atoms with E-state index < -0.39 is 0 Å². The van der Waals surface area contributed by atoms with Crippen LogP contribution >= 0.6 is 0 Å². The molecule has 0 unspecified atom stereocenters. The quantitative estimate of drug-likeness (QED) is 0.779. The molecule has 2 aromatic heterocycles. The Bertz CT molecular complexity index is 806. The van der Waals surface area contributed by atoms with Crippen LogP contribution in [0.1, 0.15) is 22.6 Å². The van der Waals surface area contributed by atoms with Gasteiger partial charge in [0.15, 0.2) is 0 Å². The molecule has 3 aromatic rings. The molecule has 0 aliphatic rings. The van der Waals surface area contributed by atoms with Crippen molar-refractivity contribution in [2.45, 2.75) is 27.7 Å². The van der Waals surface area contributed by atoms with E-state index in [4.69, 9.17) is 0 Å². The minimum atomic E-state index is 0.524. The third-order valence-electron chi connectivity index (χ3n) is 3.25. The van der Waals surface area contributed by atoms with Gasteiger partial charge in [-0.1, -0.05) is 12.1 Å². The molecule has 0 fully saturated rings. The van der Waals surface area contributed by atoms with Crippen LogP contribution < -0.4 is 5.32 Å². The minimum Gasteiger partial charge on any atom is -0.293 e. The van der Waals surface area contributed by atoms with Crippen molar-refractivity contribution in [1.82, 2.24) is 19.9 Å². The molecule has 1 aromatic carbocycles. The molecule has 0 spiro atoms. The van der Waals surface area contributed by atoms with Crippen molar-refractivity contribution in [3.63, 3.8) is 0 Å². The Morgan fingerprint density at radius 3 is 2.14 bits per heavy atom. The highest BCUT2D eigenvalue weighted by Gasteiger charge is 2.07. The van der Waals surface area contributed by atoms with Gasteiger partial charge in [-0.05, 0) is 45.4 Å². The second-order valence-corrected chi connectivity index (χ2v) is 5.25. The van der Waals surface area contributed by atoms with Gasteiger partial charge in [-0.3, -0.25) is 5.32 Å². The summed E-state index contributed by atoms with van der Waals surface area (Å²) in [5, 5.41) is 4.16. The van der Waals surface area contributed by atoms with Crippen LogP contribution in [0.3, 0.4) is 0 Å². The molecule has 5 nitrogen and oxygen atoms in total. The van der Waals surface area contributed by atoms with Gasteiger partial charge in [-0.2, -0.15) is 0 Å². The Morgan fingerprint density at radius 2 is 1.43 bits per heavy atom. The Morgan fingerprint density at radius 1 is 0.762 bits per heavy atom. The van der Waals surface area contributed by atoms with E-state index in [9.17, 15) is 0 Å². The summed E-state index contributed by atoms with van der Waals surface area (Å²) in [6.45, 7) is 7.91. The summed E-state index contributed by atoms with van der Waals surface area (Å²) in [4.78, 5) is 17.7. The molecule has 5 heteroatoms. The number of nitrogens with zero attached hydrogens (tertiary/aromatic N) is 4. The monoisotopic (exact) mass is 279 g/mol. The van der Waals surface area contributed by atoms with Gasteiger partial charge in [0.1, 0.15) is 0 Å². The van der Waals surface area contributed by atoms with E-state index in [1.54, 1.807) is 0 Å². The molecule has 0 aliphatic heterocycles. The predicted molar refractivity (Wildman–Crippen MR) is 83.8 cm³/mol. The zero-order valence-corrected chi connectivity index (χ0v) is 12.6. The average molecular weight is 279 g/mol. The number of aryl methyl sites for hydroxylation is 4. The number of anilines is 2. The molecular weight excluding hydrogens is 262 g/mol. The summed E-state index contributed by atoms with van der Waals surface area (Å²) in [5.41, 5.74) is 4.87. The third kappa shape index (κ3) is 2.81. The second kappa shape index (κ2) is 5.09. The Kier molecular flexibility index (Phi) is 3.25. The summed E-state index contributed by atoms with van der Waals surface area (Å²) >= 11 is 0. The van der Waals surface area contributed by atoms with Crippen LogP contribution in [0.25, 0.3) is 10.9 Å². The topological polar surface area (TPSA) is 63.6 Å². The maximum absolute atomic E-state index is 4.55. The maximum atomic E-state index is 4.55. The van der Waals surface area contributed by atoms with Crippen molar-refractivity contribution in [2.75, 3.05) is 5.32 Å². The van der Waals surface area contributed by atoms with Gasteiger partial charge in [0.05, 0.1) is 11.2 Å². The summed E-state index contributed by atoms with van der Waals surface area (Å²) in [5.74, 6) is 1.05. The lowest BCUT2D eigenvalue weighted by Gasteiger charge is -2.08. The fraction of sp³-hybridized carbons (Fsp3) is 0.250. The zero-order chi connectivity index (χ0) is 15.0. The Labute approximate surface area is 123 Å². The number of benzene rings is 1. The van der Waals surface area contributed by atoms with Crippen LogP contribution in [0.4, 0.5) is 11.9 Å². The first-order valence-electron chi connectivity index (χ1n) is 6.85. The van der Waals surface area contributed by atoms with Gasteiger partial charge in [-0.15, -0.1) is 0 Å². The normalized spacial score (nSPS) is 10.9. The molecule has 0 saturated heterocycles. The summed E-state index contributed by atoms with van der Waals surface area (Å²) in [6, 6.07) is 8.11. The van der Waals surface area contributed by atoms with E-state index in [1.165, 1.54) is 5.56 Å². The molecular formula is C16H17N5. The van der Waals surface area contributed by atoms with E-state index in [2.05, 4.69) is 50.4 Å². The highest BCUT2D eigenvalue weighted by atomic mass is 15.2. The first kappa shape index (κ1) is 13.4. The van der Waals surface area contributed by atoms with E-state index in [1.807, 2.05) is 26.8 Å². The van der Waals surface area contributed by atoms with Gasteiger partial charge < -0.3 is 0 Å². The van der Waals surface area contributed by atoms with Crippen molar-refractivity contribution >= 4 is 22.8 Å². The van der Waals surface area contributed by atoms with Gasteiger partial charge in [0.2, 0.25) is 11.9 Å².